The molecular weight excluding hydrogens is 212 g/mol. The van der Waals surface area contributed by atoms with Crippen LogP contribution in [-0.4, -0.2) is 50.8 Å². The van der Waals surface area contributed by atoms with Crippen molar-refractivity contribution in [2.75, 3.05) is 39.9 Å². The first-order valence-corrected chi connectivity index (χ1v) is 7.21. The van der Waals surface area contributed by atoms with Crippen LogP contribution in [0.2, 0.25) is 0 Å². The van der Waals surface area contributed by atoms with E-state index in [1.807, 2.05) is 0 Å². The number of ether oxygens (including phenoxy) is 1. The molecular formula is C14H30N2O. The van der Waals surface area contributed by atoms with Gasteiger partial charge in [-0.3, -0.25) is 0 Å². The summed E-state index contributed by atoms with van der Waals surface area (Å²) in [5.74, 6) is 0.896. The second-order valence-electron chi connectivity index (χ2n) is 5.32. The number of hydrogen-bond donors (Lipinski definition) is 1. The molecule has 0 aromatic rings. The normalized spacial score (nSPS) is 19.8. The average Bonchev–Trinajstić information content (AvgIpc) is 2.36. The maximum Gasteiger partial charge on any atom is 0.0477 e. The maximum atomic E-state index is 5.19. The second-order valence-corrected chi connectivity index (χ2v) is 5.32. The molecule has 102 valence electrons. The van der Waals surface area contributed by atoms with Gasteiger partial charge in [-0.05, 0) is 58.2 Å². The number of nitrogens with zero attached hydrogens (tertiary/aromatic N) is 1. The van der Waals surface area contributed by atoms with E-state index >= 15 is 0 Å². The molecule has 0 aromatic heterocycles. The minimum Gasteiger partial charge on any atom is -0.385 e. The molecule has 1 N–H and O–H groups in total. The Hall–Kier alpha value is -0.120. The van der Waals surface area contributed by atoms with Crippen molar-refractivity contribution in [2.24, 2.45) is 5.92 Å². The summed E-state index contributed by atoms with van der Waals surface area (Å²) in [7, 11) is 1.80. The van der Waals surface area contributed by atoms with Crippen molar-refractivity contribution in [1.82, 2.24) is 10.2 Å². The summed E-state index contributed by atoms with van der Waals surface area (Å²) >= 11 is 0. The van der Waals surface area contributed by atoms with Crippen molar-refractivity contribution in [1.29, 1.82) is 0 Å². The lowest BCUT2D eigenvalue weighted by Crippen LogP contribution is -2.41. The van der Waals surface area contributed by atoms with Gasteiger partial charge in [0.15, 0.2) is 0 Å². The molecule has 1 rings (SSSR count). The molecule has 0 spiro atoms. The fraction of sp³-hybridized carbons (Fsp3) is 1.00. The van der Waals surface area contributed by atoms with E-state index in [0.29, 0.717) is 6.04 Å². The Morgan fingerprint density at radius 3 is 2.65 bits per heavy atom. The summed E-state index contributed by atoms with van der Waals surface area (Å²) in [6.45, 7) is 10.4. The van der Waals surface area contributed by atoms with E-state index in [1.54, 1.807) is 7.11 Å². The van der Waals surface area contributed by atoms with Gasteiger partial charge in [0.05, 0.1) is 0 Å². The summed E-state index contributed by atoms with van der Waals surface area (Å²) < 4.78 is 5.19. The number of hydrogen-bond acceptors (Lipinski definition) is 3. The largest absolute Gasteiger partial charge is 0.385 e. The Labute approximate surface area is 107 Å². The van der Waals surface area contributed by atoms with E-state index < -0.39 is 0 Å². The van der Waals surface area contributed by atoms with E-state index in [1.165, 1.54) is 45.4 Å². The molecule has 3 heteroatoms. The Kier molecular flexibility index (Phi) is 7.82. The van der Waals surface area contributed by atoms with Gasteiger partial charge >= 0.3 is 0 Å². The zero-order chi connectivity index (χ0) is 12.5. The number of piperidine rings is 1. The first-order chi connectivity index (χ1) is 8.27. The molecule has 1 heterocycles. The molecule has 3 nitrogen and oxygen atoms in total. The highest BCUT2D eigenvalue weighted by molar-refractivity contribution is 4.75. The molecule has 0 bridgehead atoms. The van der Waals surface area contributed by atoms with Gasteiger partial charge in [-0.15, -0.1) is 0 Å². The van der Waals surface area contributed by atoms with Crippen molar-refractivity contribution in [3.63, 3.8) is 0 Å². The van der Waals surface area contributed by atoms with Gasteiger partial charge in [0.2, 0.25) is 0 Å². The van der Waals surface area contributed by atoms with E-state index in [0.717, 1.165) is 18.9 Å². The van der Waals surface area contributed by atoms with Crippen molar-refractivity contribution < 1.29 is 4.74 Å². The summed E-state index contributed by atoms with van der Waals surface area (Å²) in [4.78, 5) is 2.66. The molecule has 1 aliphatic heterocycles. The highest BCUT2D eigenvalue weighted by Crippen LogP contribution is 2.16. The van der Waals surface area contributed by atoms with Crippen LogP contribution < -0.4 is 5.32 Å². The van der Waals surface area contributed by atoms with Crippen LogP contribution in [0.1, 0.15) is 39.5 Å². The fourth-order valence-corrected chi connectivity index (χ4v) is 2.65. The van der Waals surface area contributed by atoms with E-state index in [2.05, 4.69) is 24.1 Å². The minimum absolute atomic E-state index is 0.657. The predicted molar refractivity (Wildman–Crippen MR) is 73.4 cm³/mol. The lowest BCUT2D eigenvalue weighted by atomic mass is 9.96. The Morgan fingerprint density at radius 2 is 2.06 bits per heavy atom. The lowest BCUT2D eigenvalue weighted by molar-refractivity contribution is 0.118. The van der Waals surface area contributed by atoms with Crippen molar-refractivity contribution in [3.05, 3.63) is 0 Å². The molecule has 17 heavy (non-hydrogen) atoms. The van der Waals surface area contributed by atoms with Gasteiger partial charge in [0.1, 0.15) is 0 Å². The Morgan fingerprint density at radius 1 is 1.35 bits per heavy atom. The molecule has 1 saturated heterocycles. The monoisotopic (exact) mass is 242 g/mol. The molecule has 1 unspecified atom stereocenters. The van der Waals surface area contributed by atoms with Gasteiger partial charge in [-0.25, -0.2) is 0 Å². The topological polar surface area (TPSA) is 24.5 Å². The molecule has 0 aromatic carbocycles. The van der Waals surface area contributed by atoms with Crippen LogP contribution in [0.3, 0.4) is 0 Å². The third-order valence-corrected chi connectivity index (χ3v) is 3.83. The third kappa shape index (κ3) is 5.84. The first-order valence-electron chi connectivity index (χ1n) is 7.21. The predicted octanol–water partition coefficient (Wildman–Crippen LogP) is 2.12. The van der Waals surface area contributed by atoms with Gasteiger partial charge in [-0.1, -0.05) is 6.92 Å². The molecule has 1 atom stereocenters. The van der Waals surface area contributed by atoms with Gasteiger partial charge < -0.3 is 15.0 Å². The van der Waals surface area contributed by atoms with Crippen LogP contribution in [-0.2, 0) is 4.74 Å². The maximum absolute atomic E-state index is 5.19. The smallest absolute Gasteiger partial charge is 0.0477 e. The second kappa shape index (κ2) is 8.90. The quantitative estimate of drug-likeness (QED) is 0.705. The lowest BCUT2D eigenvalue weighted by Gasteiger charge is -2.34. The van der Waals surface area contributed by atoms with Crippen molar-refractivity contribution in [3.8, 4) is 0 Å². The standard InChI is InChI=1S/C14H30N2O/c1-4-10-16(13(2)7-11-17-3)12-14-5-8-15-9-6-14/h13-15H,4-12H2,1-3H3. The van der Waals surface area contributed by atoms with Crippen LogP contribution in [0.25, 0.3) is 0 Å². The molecule has 0 amide bonds. The van der Waals surface area contributed by atoms with Crippen molar-refractivity contribution >= 4 is 0 Å². The van der Waals surface area contributed by atoms with Gasteiger partial charge in [0, 0.05) is 26.3 Å². The summed E-state index contributed by atoms with van der Waals surface area (Å²) in [5.41, 5.74) is 0. The number of nitrogens with one attached hydrogen (secondary N) is 1. The number of rotatable bonds is 8. The molecule has 1 aliphatic rings. The third-order valence-electron chi connectivity index (χ3n) is 3.83. The van der Waals surface area contributed by atoms with Crippen LogP contribution in [0.4, 0.5) is 0 Å². The van der Waals surface area contributed by atoms with Crippen LogP contribution in [0.5, 0.6) is 0 Å². The van der Waals surface area contributed by atoms with Crippen LogP contribution >= 0.6 is 0 Å². The van der Waals surface area contributed by atoms with E-state index in [4.69, 9.17) is 4.74 Å². The average molecular weight is 242 g/mol. The van der Waals surface area contributed by atoms with Gasteiger partial charge in [-0.2, -0.15) is 0 Å². The molecule has 0 aliphatic carbocycles. The fourth-order valence-electron chi connectivity index (χ4n) is 2.65. The number of methoxy groups -OCH3 is 1. The molecule has 0 radical (unpaired) electrons. The van der Waals surface area contributed by atoms with Gasteiger partial charge in [0.25, 0.3) is 0 Å². The highest BCUT2D eigenvalue weighted by Gasteiger charge is 2.19. The minimum atomic E-state index is 0.657. The first kappa shape index (κ1) is 14.9. The Balaban J connectivity index is 2.34. The van der Waals surface area contributed by atoms with E-state index in [9.17, 15) is 0 Å². The highest BCUT2D eigenvalue weighted by atomic mass is 16.5. The van der Waals surface area contributed by atoms with Crippen LogP contribution in [0, 0.1) is 5.92 Å². The summed E-state index contributed by atoms with van der Waals surface area (Å²) in [5, 5.41) is 3.44. The molecule has 1 fully saturated rings. The SMILES string of the molecule is CCCN(CC1CCNCC1)C(C)CCOC. The van der Waals surface area contributed by atoms with E-state index in [-0.39, 0.29) is 0 Å². The van der Waals surface area contributed by atoms with Crippen LogP contribution in [0.15, 0.2) is 0 Å². The zero-order valence-corrected chi connectivity index (χ0v) is 11.9. The Bertz CT molecular complexity index is 181. The van der Waals surface area contributed by atoms with Crippen molar-refractivity contribution in [2.45, 2.75) is 45.6 Å². The summed E-state index contributed by atoms with van der Waals surface area (Å²) in [6, 6.07) is 0.657. The summed E-state index contributed by atoms with van der Waals surface area (Å²) in [6.07, 6.45) is 5.10. The molecule has 0 saturated carbocycles. The zero-order valence-electron chi connectivity index (χ0n) is 11.9.